The molecule has 0 radical (unpaired) electrons. The molecule has 1 heterocycles. The summed E-state index contributed by atoms with van der Waals surface area (Å²) < 4.78 is 10.7. The lowest BCUT2D eigenvalue weighted by molar-refractivity contribution is 0.410. The van der Waals surface area contributed by atoms with Crippen molar-refractivity contribution in [1.29, 1.82) is 0 Å². The van der Waals surface area contributed by atoms with E-state index in [1.807, 2.05) is 43.3 Å². The normalized spacial score (nSPS) is 10.4. The number of aromatic nitrogens is 2. The molecule has 0 fully saturated rings. The average molecular weight is 393 g/mol. The van der Waals surface area contributed by atoms with Gasteiger partial charge in [-0.05, 0) is 49.1 Å². The number of nitrogens with one attached hydrogen (secondary N) is 2. The minimum atomic E-state index is 0.628. The first-order valence-corrected chi connectivity index (χ1v) is 9.76. The van der Waals surface area contributed by atoms with Crippen LogP contribution in [0.4, 0.5) is 11.8 Å². The molecule has 1 aromatic heterocycles. The highest BCUT2D eigenvalue weighted by molar-refractivity contribution is 5.43. The Morgan fingerprint density at radius 1 is 0.828 bits per heavy atom. The molecule has 0 aliphatic rings. The maximum absolute atomic E-state index is 5.40. The molecule has 2 aromatic carbocycles. The molecule has 0 spiro atoms. The molecule has 0 amide bonds. The van der Waals surface area contributed by atoms with Crippen LogP contribution in [0, 0.1) is 6.92 Å². The van der Waals surface area contributed by atoms with Crippen molar-refractivity contribution in [2.45, 2.75) is 19.8 Å². The van der Waals surface area contributed by atoms with Crippen LogP contribution < -0.4 is 20.1 Å². The lowest BCUT2D eigenvalue weighted by atomic mass is 10.1. The van der Waals surface area contributed by atoms with E-state index in [1.165, 1.54) is 5.56 Å². The van der Waals surface area contributed by atoms with Crippen molar-refractivity contribution in [3.63, 3.8) is 0 Å². The van der Waals surface area contributed by atoms with E-state index >= 15 is 0 Å². The molecular formula is C23H28N4O2. The Kier molecular flexibility index (Phi) is 7.28. The summed E-state index contributed by atoms with van der Waals surface area (Å²) in [5, 5.41) is 6.70. The number of benzene rings is 2. The molecule has 0 aliphatic heterocycles. The van der Waals surface area contributed by atoms with E-state index in [2.05, 4.69) is 38.8 Å². The molecule has 0 atom stereocenters. The Balaban J connectivity index is 1.53. The Labute approximate surface area is 172 Å². The van der Waals surface area contributed by atoms with Gasteiger partial charge in [0.25, 0.3) is 0 Å². The molecule has 3 rings (SSSR count). The Bertz CT molecular complexity index is 930. The Morgan fingerprint density at radius 2 is 1.66 bits per heavy atom. The van der Waals surface area contributed by atoms with Crippen LogP contribution >= 0.6 is 0 Å². The topological polar surface area (TPSA) is 68.3 Å². The lowest BCUT2D eigenvalue weighted by Crippen LogP contribution is -2.12. The summed E-state index contributed by atoms with van der Waals surface area (Å²) in [5.74, 6) is 3.23. The maximum Gasteiger partial charge on any atom is 0.224 e. The minimum Gasteiger partial charge on any atom is -0.497 e. The summed E-state index contributed by atoms with van der Waals surface area (Å²) in [6, 6.07) is 18.1. The van der Waals surface area contributed by atoms with E-state index in [4.69, 9.17) is 9.47 Å². The number of ether oxygens (including phenoxy) is 2. The predicted molar refractivity (Wildman–Crippen MR) is 117 cm³/mol. The molecule has 3 aromatic rings. The van der Waals surface area contributed by atoms with Gasteiger partial charge in [-0.2, -0.15) is 4.98 Å². The van der Waals surface area contributed by atoms with Crippen LogP contribution in [-0.4, -0.2) is 37.3 Å². The first kappa shape index (κ1) is 20.5. The van der Waals surface area contributed by atoms with Crippen LogP contribution in [0.25, 0.3) is 0 Å². The molecule has 0 saturated carbocycles. The van der Waals surface area contributed by atoms with Gasteiger partial charge >= 0.3 is 0 Å². The van der Waals surface area contributed by atoms with E-state index in [9.17, 15) is 0 Å². The Hall–Kier alpha value is -3.28. The lowest BCUT2D eigenvalue weighted by Gasteiger charge is -2.11. The number of aryl methyl sites for hydroxylation is 1. The molecule has 6 nitrogen and oxygen atoms in total. The van der Waals surface area contributed by atoms with Gasteiger partial charge in [0.05, 0.1) is 14.2 Å². The monoisotopic (exact) mass is 392 g/mol. The fraction of sp³-hybridized carbons (Fsp3) is 0.304. The van der Waals surface area contributed by atoms with Crippen molar-refractivity contribution in [3.8, 4) is 11.5 Å². The zero-order valence-electron chi connectivity index (χ0n) is 17.2. The molecule has 0 bridgehead atoms. The Morgan fingerprint density at radius 3 is 2.48 bits per heavy atom. The van der Waals surface area contributed by atoms with Gasteiger partial charge in [-0.15, -0.1) is 0 Å². The predicted octanol–water partition coefficient (Wildman–Crippen LogP) is 4.11. The third kappa shape index (κ3) is 6.10. The van der Waals surface area contributed by atoms with Gasteiger partial charge in [-0.25, -0.2) is 4.98 Å². The summed E-state index contributed by atoms with van der Waals surface area (Å²) in [5.41, 5.74) is 3.30. The van der Waals surface area contributed by atoms with Crippen LogP contribution in [0.2, 0.25) is 0 Å². The number of hydrogen-bond donors (Lipinski definition) is 2. The molecule has 152 valence electrons. The molecule has 29 heavy (non-hydrogen) atoms. The number of anilines is 2. The summed E-state index contributed by atoms with van der Waals surface area (Å²) in [4.78, 5) is 9.07. The second-order valence-electron chi connectivity index (χ2n) is 6.74. The first-order chi connectivity index (χ1) is 14.2. The zero-order valence-corrected chi connectivity index (χ0v) is 17.2. The van der Waals surface area contributed by atoms with Gasteiger partial charge in [0.1, 0.15) is 17.3 Å². The van der Waals surface area contributed by atoms with Crippen LogP contribution in [0.3, 0.4) is 0 Å². The number of hydrogen-bond acceptors (Lipinski definition) is 6. The van der Waals surface area contributed by atoms with Gasteiger partial charge < -0.3 is 20.1 Å². The van der Waals surface area contributed by atoms with E-state index in [-0.39, 0.29) is 0 Å². The largest absolute Gasteiger partial charge is 0.497 e. The van der Waals surface area contributed by atoms with Gasteiger partial charge in [0, 0.05) is 24.8 Å². The van der Waals surface area contributed by atoms with Crippen LogP contribution in [0.1, 0.15) is 16.8 Å². The standard InChI is InChI=1S/C23H28N4O2/c1-17-15-22(24-13-11-18-7-6-9-20(16-18)28-2)27-23(26-17)25-14-12-19-8-4-5-10-21(19)29-3/h4-10,15-16H,11-14H2,1-3H3,(H2,24,25,26,27). The SMILES string of the molecule is COc1cccc(CCNc2cc(C)nc(NCCc3ccccc3OC)n2)c1. The summed E-state index contributed by atoms with van der Waals surface area (Å²) >= 11 is 0. The van der Waals surface area contributed by atoms with Gasteiger partial charge in [-0.1, -0.05) is 30.3 Å². The first-order valence-electron chi connectivity index (χ1n) is 9.76. The van der Waals surface area contributed by atoms with Crippen molar-refractivity contribution in [2.24, 2.45) is 0 Å². The average Bonchev–Trinajstić information content (AvgIpc) is 2.74. The maximum atomic E-state index is 5.40. The second-order valence-corrected chi connectivity index (χ2v) is 6.74. The molecular weight excluding hydrogens is 364 g/mol. The van der Waals surface area contributed by atoms with Crippen molar-refractivity contribution >= 4 is 11.8 Å². The fourth-order valence-corrected chi connectivity index (χ4v) is 3.12. The van der Waals surface area contributed by atoms with Crippen LogP contribution in [0.15, 0.2) is 54.6 Å². The summed E-state index contributed by atoms with van der Waals surface area (Å²) in [6.07, 6.45) is 1.72. The van der Waals surface area contributed by atoms with Crippen molar-refractivity contribution in [1.82, 2.24) is 9.97 Å². The number of para-hydroxylation sites is 1. The van der Waals surface area contributed by atoms with Crippen molar-refractivity contribution in [2.75, 3.05) is 37.9 Å². The zero-order chi connectivity index (χ0) is 20.5. The fourth-order valence-electron chi connectivity index (χ4n) is 3.12. The van der Waals surface area contributed by atoms with E-state index in [0.29, 0.717) is 5.95 Å². The summed E-state index contributed by atoms with van der Waals surface area (Å²) in [6.45, 7) is 3.48. The second kappa shape index (κ2) is 10.3. The molecule has 0 aliphatic carbocycles. The third-order valence-electron chi connectivity index (χ3n) is 4.58. The molecule has 6 heteroatoms. The minimum absolute atomic E-state index is 0.628. The van der Waals surface area contributed by atoms with E-state index in [0.717, 1.165) is 54.5 Å². The number of rotatable bonds is 10. The van der Waals surface area contributed by atoms with Crippen molar-refractivity contribution < 1.29 is 9.47 Å². The van der Waals surface area contributed by atoms with Gasteiger partial charge in [-0.3, -0.25) is 0 Å². The van der Waals surface area contributed by atoms with Gasteiger partial charge in [0.2, 0.25) is 5.95 Å². The van der Waals surface area contributed by atoms with Crippen LogP contribution in [-0.2, 0) is 12.8 Å². The summed E-state index contributed by atoms with van der Waals surface area (Å²) in [7, 11) is 3.38. The highest BCUT2D eigenvalue weighted by Gasteiger charge is 2.05. The number of methoxy groups -OCH3 is 2. The van der Waals surface area contributed by atoms with Gasteiger partial charge in [0.15, 0.2) is 0 Å². The number of nitrogens with zero attached hydrogens (tertiary/aromatic N) is 2. The molecule has 2 N–H and O–H groups in total. The third-order valence-corrected chi connectivity index (χ3v) is 4.58. The van der Waals surface area contributed by atoms with Crippen LogP contribution in [0.5, 0.6) is 11.5 Å². The quantitative estimate of drug-likeness (QED) is 0.541. The highest BCUT2D eigenvalue weighted by atomic mass is 16.5. The highest BCUT2D eigenvalue weighted by Crippen LogP contribution is 2.18. The van der Waals surface area contributed by atoms with E-state index in [1.54, 1.807) is 14.2 Å². The smallest absolute Gasteiger partial charge is 0.224 e. The van der Waals surface area contributed by atoms with E-state index < -0.39 is 0 Å². The molecule has 0 saturated heterocycles. The van der Waals surface area contributed by atoms with Crippen molar-refractivity contribution in [3.05, 3.63) is 71.4 Å². The molecule has 0 unspecified atom stereocenters.